The first-order chi connectivity index (χ1) is 11.7. The number of hydrogen-bond donors (Lipinski definition) is 0. The van der Waals surface area contributed by atoms with Crippen molar-refractivity contribution >= 4 is 33.8 Å². The Morgan fingerprint density at radius 1 is 0.720 bits per heavy atom. The predicted molar refractivity (Wildman–Crippen MR) is 106 cm³/mol. The van der Waals surface area contributed by atoms with Crippen LogP contribution in [-0.2, 0) is 13.1 Å². The Morgan fingerprint density at radius 3 is 1.68 bits per heavy atom. The lowest BCUT2D eigenvalue weighted by molar-refractivity contribution is -0.00000467. The topological polar surface area (TPSA) is 3.24 Å². The molecule has 0 aliphatic carbocycles. The second-order valence-electron chi connectivity index (χ2n) is 6.35. The summed E-state index contributed by atoms with van der Waals surface area (Å²) in [6.07, 6.45) is 0. The van der Waals surface area contributed by atoms with E-state index in [2.05, 4.69) is 90.8 Å². The zero-order valence-corrected chi connectivity index (χ0v) is 16.5. The highest BCUT2D eigenvalue weighted by atomic mass is 35.7. The number of halogens is 2. The average molecular weight is 388 g/mol. The Morgan fingerprint density at radius 2 is 1.16 bits per heavy atom. The van der Waals surface area contributed by atoms with E-state index < -0.39 is 6.62 Å². The summed E-state index contributed by atoms with van der Waals surface area (Å²) in [5, 5.41) is 3.81. The van der Waals surface area contributed by atoms with E-state index in [-0.39, 0.29) is 12.4 Å². The summed E-state index contributed by atoms with van der Waals surface area (Å²) in [6, 6.07) is 28.0. The Hall–Kier alpha value is -1.37. The van der Waals surface area contributed by atoms with Gasteiger partial charge >= 0.3 is 0 Å². The van der Waals surface area contributed by atoms with E-state index in [1.165, 1.54) is 27.0 Å². The van der Waals surface area contributed by atoms with Crippen molar-refractivity contribution < 1.29 is 12.4 Å². The molecule has 0 amide bonds. The Bertz CT molecular complexity index is 817. The first-order valence-electron chi connectivity index (χ1n) is 8.19. The van der Waals surface area contributed by atoms with Crippen molar-refractivity contribution in [3.8, 4) is 0 Å². The van der Waals surface area contributed by atoms with Gasteiger partial charge in [0.25, 0.3) is 0 Å². The number of benzene rings is 3. The van der Waals surface area contributed by atoms with E-state index in [1.54, 1.807) is 0 Å². The highest BCUT2D eigenvalue weighted by molar-refractivity contribution is 8.15. The number of fused-ring (bicyclic) bond motifs is 2. The van der Waals surface area contributed by atoms with Crippen LogP contribution in [0.3, 0.4) is 0 Å². The summed E-state index contributed by atoms with van der Waals surface area (Å²) < 4.78 is 0. The van der Waals surface area contributed by atoms with Crippen LogP contribution < -0.4 is 28.3 Å². The zero-order valence-electron chi connectivity index (χ0n) is 14.1. The molecule has 3 aromatic rings. The van der Waals surface area contributed by atoms with Gasteiger partial charge in [0, 0.05) is 24.2 Å². The number of hydrogen-bond acceptors (Lipinski definition) is 1. The minimum Gasteiger partial charge on any atom is -1.00 e. The molecule has 1 nitrogen and oxygen atoms in total. The zero-order chi connectivity index (χ0) is 16.6. The quantitative estimate of drug-likeness (QED) is 0.565. The minimum absolute atomic E-state index is 0. The van der Waals surface area contributed by atoms with Crippen molar-refractivity contribution in [1.82, 2.24) is 4.90 Å². The minimum atomic E-state index is -2.15. The second kappa shape index (κ2) is 7.48. The molecule has 1 aliphatic rings. The lowest BCUT2D eigenvalue weighted by Gasteiger charge is -2.29. The molecule has 0 spiro atoms. The molecule has 0 fully saturated rings. The SMILES string of the molecule is CN1Cc2ccccc2[P+](Cl)(c2ccccc2)c2ccccc2C1.[Cl-]. The average Bonchev–Trinajstić information content (AvgIpc) is 2.62. The summed E-state index contributed by atoms with van der Waals surface area (Å²) in [5.74, 6) is 0. The van der Waals surface area contributed by atoms with Gasteiger partial charge in [-0.05, 0) is 31.3 Å². The van der Waals surface area contributed by atoms with Gasteiger partial charge in [0.1, 0.15) is 27.2 Å². The first kappa shape index (κ1) is 18.4. The molecule has 128 valence electrons. The predicted octanol–water partition coefficient (Wildman–Crippen LogP) is 1.08. The van der Waals surface area contributed by atoms with Crippen LogP contribution >= 0.6 is 17.9 Å². The largest absolute Gasteiger partial charge is 1.00 e. The van der Waals surface area contributed by atoms with E-state index in [0.717, 1.165) is 13.1 Å². The highest BCUT2D eigenvalue weighted by Crippen LogP contribution is 2.62. The van der Waals surface area contributed by atoms with Crippen molar-refractivity contribution in [1.29, 1.82) is 0 Å². The summed E-state index contributed by atoms with van der Waals surface area (Å²) >= 11 is 7.58. The van der Waals surface area contributed by atoms with Crippen LogP contribution in [-0.4, -0.2) is 11.9 Å². The summed E-state index contributed by atoms with van der Waals surface area (Å²) in [7, 11) is 2.18. The lowest BCUT2D eigenvalue weighted by Crippen LogP contribution is -3.00. The molecule has 0 saturated carbocycles. The van der Waals surface area contributed by atoms with Crippen molar-refractivity contribution in [2.24, 2.45) is 0 Å². The van der Waals surface area contributed by atoms with Crippen LogP contribution in [0, 0.1) is 0 Å². The van der Waals surface area contributed by atoms with Crippen molar-refractivity contribution in [3.63, 3.8) is 0 Å². The molecule has 3 aromatic carbocycles. The van der Waals surface area contributed by atoms with Crippen molar-refractivity contribution in [3.05, 3.63) is 90.0 Å². The van der Waals surface area contributed by atoms with E-state index in [4.69, 9.17) is 11.2 Å². The Balaban J connectivity index is 0.00000182. The molecule has 4 rings (SSSR count). The summed E-state index contributed by atoms with van der Waals surface area (Å²) in [6.45, 7) is -0.303. The summed E-state index contributed by atoms with van der Waals surface area (Å²) in [4.78, 5) is 2.36. The van der Waals surface area contributed by atoms with E-state index in [0.29, 0.717) is 0 Å². The smallest absolute Gasteiger partial charge is 0.211 e. The normalized spacial score (nSPS) is 15.9. The number of nitrogens with zero attached hydrogens (tertiary/aromatic N) is 1. The lowest BCUT2D eigenvalue weighted by atomic mass is 10.1. The second-order valence-corrected chi connectivity index (χ2v) is 10.5. The third-order valence-corrected chi connectivity index (χ3v) is 9.53. The van der Waals surface area contributed by atoms with Crippen LogP contribution in [0.4, 0.5) is 0 Å². The van der Waals surface area contributed by atoms with E-state index >= 15 is 0 Å². The maximum absolute atomic E-state index is 7.58. The standard InChI is InChI=1S/C21H20ClNP.ClH/c1-23-15-17-9-5-7-13-20(17)24(22,19-11-3-2-4-12-19)21-14-8-6-10-18(21)16-23;/h2-14H,15-16H2,1H3;1H/q+1;/p-1. The third-order valence-electron chi connectivity index (χ3n) is 4.64. The fourth-order valence-electron chi connectivity index (χ4n) is 3.57. The van der Waals surface area contributed by atoms with Crippen LogP contribution in [0.1, 0.15) is 11.1 Å². The van der Waals surface area contributed by atoms with Crippen molar-refractivity contribution in [2.45, 2.75) is 13.1 Å². The van der Waals surface area contributed by atoms with Gasteiger partial charge in [-0.15, -0.1) is 0 Å². The maximum Gasteiger partial charge on any atom is 0.211 e. The van der Waals surface area contributed by atoms with E-state index in [9.17, 15) is 0 Å². The highest BCUT2D eigenvalue weighted by Gasteiger charge is 2.48. The van der Waals surface area contributed by atoms with Crippen LogP contribution in [0.25, 0.3) is 0 Å². The van der Waals surface area contributed by atoms with Gasteiger partial charge in [0.15, 0.2) is 0 Å². The first-order valence-corrected chi connectivity index (χ1v) is 10.9. The molecule has 1 heterocycles. The van der Waals surface area contributed by atoms with Gasteiger partial charge in [-0.2, -0.15) is 0 Å². The van der Waals surface area contributed by atoms with Gasteiger partial charge in [0.2, 0.25) is 6.62 Å². The molecule has 0 aromatic heterocycles. The third kappa shape index (κ3) is 3.23. The monoisotopic (exact) mass is 387 g/mol. The van der Waals surface area contributed by atoms with Gasteiger partial charge < -0.3 is 12.4 Å². The molecular formula is C21H20Cl2NP. The molecule has 0 saturated heterocycles. The van der Waals surface area contributed by atoms with Crippen molar-refractivity contribution in [2.75, 3.05) is 7.05 Å². The van der Waals surface area contributed by atoms with Gasteiger partial charge in [-0.3, -0.25) is 4.90 Å². The molecule has 0 atom stereocenters. The molecule has 25 heavy (non-hydrogen) atoms. The van der Waals surface area contributed by atoms with Crippen LogP contribution in [0.15, 0.2) is 78.9 Å². The molecule has 4 heteroatoms. The van der Waals surface area contributed by atoms with Gasteiger partial charge in [-0.25, -0.2) is 0 Å². The molecule has 0 bridgehead atoms. The van der Waals surface area contributed by atoms with E-state index in [1.807, 2.05) is 0 Å². The summed E-state index contributed by atoms with van der Waals surface area (Å²) in [5.41, 5.74) is 2.67. The fraction of sp³-hybridized carbons (Fsp3) is 0.143. The maximum atomic E-state index is 7.58. The molecular weight excluding hydrogens is 368 g/mol. The Labute approximate surface area is 161 Å². The Kier molecular flexibility index (Phi) is 5.51. The van der Waals surface area contributed by atoms with Gasteiger partial charge in [-0.1, -0.05) is 54.6 Å². The number of rotatable bonds is 1. The molecule has 0 radical (unpaired) electrons. The fourth-order valence-corrected chi connectivity index (χ4v) is 7.96. The molecule has 0 unspecified atom stereocenters. The van der Waals surface area contributed by atoms with Crippen LogP contribution in [0.2, 0.25) is 0 Å². The molecule has 1 aliphatic heterocycles. The van der Waals surface area contributed by atoms with Crippen LogP contribution in [0.5, 0.6) is 0 Å². The molecule has 0 N–H and O–H groups in total. The van der Waals surface area contributed by atoms with Gasteiger partial charge in [0.05, 0.1) is 0 Å².